The number of hydrogen-bond donors (Lipinski definition) is 1. The van der Waals surface area contributed by atoms with Crippen LogP contribution in [0.2, 0.25) is 0 Å². The van der Waals surface area contributed by atoms with Gasteiger partial charge in [-0.2, -0.15) is 0 Å². The number of ether oxygens (including phenoxy) is 1. The molecule has 0 saturated heterocycles. The fourth-order valence-electron chi connectivity index (χ4n) is 2.13. The molecule has 4 nitrogen and oxygen atoms in total. The van der Waals surface area contributed by atoms with Crippen molar-refractivity contribution in [2.45, 2.75) is 26.4 Å². The van der Waals surface area contributed by atoms with Crippen LogP contribution in [0.25, 0.3) is 11.1 Å². The van der Waals surface area contributed by atoms with Crippen LogP contribution in [-0.4, -0.2) is 23.1 Å². The van der Waals surface area contributed by atoms with Crippen molar-refractivity contribution in [3.05, 3.63) is 59.7 Å². The van der Waals surface area contributed by atoms with Gasteiger partial charge in [-0.1, -0.05) is 43.3 Å². The first-order valence-corrected chi connectivity index (χ1v) is 7.17. The molecule has 0 aliphatic rings. The number of rotatable bonds is 5. The van der Waals surface area contributed by atoms with Crippen LogP contribution in [0.1, 0.15) is 41.0 Å². The van der Waals surface area contributed by atoms with Gasteiger partial charge in [-0.25, -0.2) is 9.59 Å². The minimum atomic E-state index is -1.03. The molecule has 0 aromatic heterocycles. The molecule has 0 bridgehead atoms. The highest BCUT2D eigenvalue weighted by Crippen LogP contribution is 2.28. The highest BCUT2D eigenvalue weighted by Gasteiger charge is 2.19. The number of carbonyl (C=O) groups excluding carboxylic acids is 1. The lowest BCUT2D eigenvalue weighted by Crippen LogP contribution is -2.15. The van der Waals surface area contributed by atoms with Gasteiger partial charge in [0.25, 0.3) is 0 Å². The first-order chi connectivity index (χ1) is 10.5. The molecule has 0 fully saturated rings. The maximum Gasteiger partial charge on any atom is 0.339 e. The summed E-state index contributed by atoms with van der Waals surface area (Å²) in [6.45, 7) is 3.76. The predicted octanol–water partition coefficient (Wildman–Crippen LogP) is 4.01. The number of aromatic carboxylic acids is 1. The van der Waals surface area contributed by atoms with Gasteiger partial charge in [0.05, 0.1) is 17.2 Å². The van der Waals surface area contributed by atoms with E-state index in [4.69, 9.17) is 4.74 Å². The molecule has 0 saturated carbocycles. The summed E-state index contributed by atoms with van der Waals surface area (Å²) in [4.78, 5) is 23.7. The van der Waals surface area contributed by atoms with Crippen LogP contribution in [0.4, 0.5) is 0 Å². The molecule has 0 aliphatic carbocycles. The van der Waals surface area contributed by atoms with Crippen LogP contribution >= 0.6 is 0 Å². The Morgan fingerprint density at radius 3 is 2.05 bits per heavy atom. The molecular formula is C18H18O4. The Bertz CT molecular complexity index is 691. The largest absolute Gasteiger partial charge is 0.478 e. The molecule has 1 unspecified atom stereocenters. The summed E-state index contributed by atoms with van der Waals surface area (Å²) in [6.07, 6.45) is 0.537. The number of esters is 1. The van der Waals surface area contributed by atoms with Crippen molar-refractivity contribution in [3.8, 4) is 11.1 Å². The minimum Gasteiger partial charge on any atom is -0.478 e. The van der Waals surface area contributed by atoms with Crippen molar-refractivity contribution in [1.29, 1.82) is 0 Å². The average molecular weight is 298 g/mol. The number of hydrogen-bond acceptors (Lipinski definition) is 3. The second kappa shape index (κ2) is 6.89. The molecule has 1 atom stereocenters. The van der Waals surface area contributed by atoms with Crippen molar-refractivity contribution >= 4 is 11.9 Å². The van der Waals surface area contributed by atoms with Crippen LogP contribution in [-0.2, 0) is 4.74 Å². The number of carboxylic acids is 1. The molecule has 2 aromatic rings. The van der Waals surface area contributed by atoms with Crippen LogP contribution in [0.15, 0.2) is 48.5 Å². The van der Waals surface area contributed by atoms with Gasteiger partial charge in [-0.05, 0) is 36.6 Å². The lowest BCUT2D eigenvalue weighted by Gasteiger charge is -2.14. The van der Waals surface area contributed by atoms with Crippen LogP contribution in [0, 0.1) is 0 Å². The Balaban J connectivity index is 2.50. The molecule has 4 heteroatoms. The zero-order valence-corrected chi connectivity index (χ0v) is 12.6. The SMILES string of the molecule is CCC(C)OC(=O)c1ccccc1-c1ccccc1C(=O)O. The zero-order chi connectivity index (χ0) is 16.1. The summed E-state index contributed by atoms with van der Waals surface area (Å²) >= 11 is 0. The quantitative estimate of drug-likeness (QED) is 0.847. The third-order valence-corrected chi connectivity index (χ3v) is 3.48. The van der Waals surface area contributed by atoms with Gasteiger partial charge in [0, 0.05) is 0 Å². The van der Waals surface area contributed by atoms with E-state index in [9.17, 15) is 14.7 Å². The van der Waals surface area contributed by atoms with Crippen LogP contribution in [0.3, 0.4) is 0 Å². The van der Waals surface area contributed by atoms with Gasteiger partial charge in [0.15, 0.2) is 0 Å². The summed E-state index contributed by atoms with van der Waals surface area (Å²) in [5.74, 6) is -1.47. The van der Waals surface area contributed by atoms with Gasteiger partial charge < -0.3 is 9.84 Å². The van der Waals surface area contributed by atoms with Gasteiger partial charge in [0.2, 0.25) is 0 Å². The Kier molecular flexibility index (Phi) is 4.94. The van der Waals surface area contributed by atoms with Gasteiger partial charge in [-0.15, -0.1) is 0 Å². The Hall–Kier alpha value is -2.62. The summed E-state index contributed by atoms with van der Waals surface area (Å²) in [7, 11) is 0. The summed E-state index contributed by atoms with van der Waals surface area (Å²) in [5.41, 5.74) is 1.60. The Labute approximate surface area is 129 Å². The van der Waals surface area contributed by atoms with Crippen molar-refractivity contribution in [2.75, 3.05) is 0 Å². The Morgan fingerprint density at radius 1 is 1.00 bits per heavy atom. The highest BCUT2D eigenvalue weighted by atomic mass is 16.5. The lowest BCUT2D eigenvalue weighted by atomic mass is 9.95. The fraction of sp³-hybridized carbons (Fsp3) is 0.222. The van der Waals surface area contributed by atoms with E-state index in [1.165, 1.54) is 6.07 Å². The maximum absolute atomic E-state index is 12.3. The fourth-order valence-corrected chi connectivity index (χ4v) is 2.13. The second-order valence-electron chi connectivity index (χ2n) is 5.02. The maximum atomic E-state index is 12.3. The number of benzene rings is 2. The first-order valence-electron chi connectivity index (χ1n) is 7.17. The summed E-state index contributed by atoms with van der Waals surface area (Å²) < 4.78 is 5.36. The molecule has 2 aromatic carbocycles. The second-order valence-corrected chi connectivity index (χ2v) is 5.02. The normalized spacial score (nSPS) is 11.7. The van der Waals surface area contributed by atoms with E-state index >= 15 is 0 Å². The average Bonchev–Trinajstić information content (AvgIpc) is 2.54. The molecule has 2 rings (SSSR count). The monoisotopic (exact) mass is 298 g/mol. The molecule has 0 heterocycles. The van der Waals surface area contributed by atoms with Crippen molar-refractivity contribution in [3.63, 3.8) is 0 Å². The molecule has 0 amide bonds. The zero-order valence-electron chi connectivity index (χ0n) is 12.6. The standard InChI is InChI=1S/C18H18O4/c1-3-12(2)22-18(21)16-11-7-5-9-14(16)13-8-4-6-10-15(13)17(19)20/h4-12H,3H2,1-2H3,(H,19,20). The predicted molar refractivity (Wildman–Crippen MR) is 84.0 cm³/mol. The van der Waals surface area contributed by atoms with Crippen LogP contribution in [0.5, 0.6) is 0 Å². The van der Waals surface area contributed by atoms with E-state index in [2.05, 4.69) is 0 Å². The van der Waals surface area contributed by atoms with Crippen LogP contribution < -0.4 is 0 Å². The Morgan fingerprint density at radius 2 is 1.50 bits per heavy atom. The molecule has 0 radical (unpaired) electrons. The third-order valence-electron chi connectivity index (χ3n) is 3.48. The van der Waals surface area contributed by atoms with Crippen molar-refractivity contribution < 1.29 is 19.4 Å². The van der Waals surface area contributed by atoms with E-state index < -0.39 is 11.9 Å². The molecule has 22 heavy (non-hydrogen) atoms. The van der Waals surface area contributed by atoms with E-state index in [1.807, 2.05) is 13.8 Å². The summed E-state index contributed by atoms with van der Waals surface area (Å²) in [5, 5.41) is 9.32. The topological polar surface area (TPSA) is 63.6 Å². The molecule has 114 valence electrons. The van der Waals surface area contributed by atoms with Crippen molar-refractivity contribution in [2.24, 2.45) is 0 Å². The highest BCUT2D eigenvalue weighted by molar-refractivity contribution is 6.02. The molecular weight excluding hydrogens is 280 g/mol. The smallest absolute Gasteiger partial charge is 0.339 e. The first kappa shape index (κ1) is 15.8. The molecule has 0 aliphatic heterocycles. The number of carboxylic acid groups (broad SMARTS) is 1. The summed E-state index contributed by atoms with van der Waals surface area (Å²) in [6, 6.07) is 13.5. The van der Waals surface area contributed by atoms with E-state index in [0.29, 0.717) is 16.7 Å². The van der Waals surface area contributed by atoms with Gasteiger partial charge in [-0.3, -0.25) is 0 Å². The minimum absolute atomic E-state index is 0.159. The van der Waals surface area contributed by atoms with E-state index in [0.717, 1.165) is 6.42 Å². The van der Waals surface area contributed by atoms with E-state index in [1.54, 1.807) is 42.5 Å². The molecule has 1 N–H and O–H groups in total. The van der Waals surface area contributed by atoms with Crippen molar-refractivity contribution in [1.82, 2.24) is 0 Å². The van der Waals surface area contributed by atoms with Gasteiger partial charge >= 0.3 is 11.9 Å². The van der Waals surface area contributed by atoms with E-state index in [-0.39, 0.29) is 11.7 Å². The van der Waals surface area contributed by atoms with Gasteiger partial charge in [0.1, 0.15) is 0 Å². The molecule has 0 spiro atoms. The lowest BCUT2D eigenvalue weighted by molar-refractivity contribution is 0.0335. The number of carbonyl (C=O) groups is 2. The third kappa shape index (κ3) is 3.34.